The molecule has 0 aromatic heterocycles. The maximum atomic E-state index is 4.11. The van der Waals surface area contributed by atoms with Crippen LogP contribution in [0.3, 0.4) is 0 Å². The molecule has 2 rings (SSSR count). The standard InChI is InChI=1S/C20H24S/c1-6-16(3)17-9-11-18(12-10-17)20(4,5)21-19-13-7-15(2)8-14-19/h7-14H,3,6H2,1-2,4-5H3. The van der Waals surface area contributed by atoms with Gasteiger partial charge in [0.1, 0.15) is 0 Å². The molecular formula is C20H24S. The van der Waals surface area contributed by atoms with Crippen LogP contribution in [-0.4, -0.2) is 0 Å². The Morgan fingerprint density at radius 1 is 1.00 bits per heavy atom. The summed E-state index contributed by atoms with van der Waals surface area (Å²) in [6, 6.07) is 17.6. The van der Waals surface area contributed by atoms with Gasteiger partial charge in [0, 0.05) is 9.64 Å². The third-order valence-electron chi connectivity index (χ3n) is 3.81. The highest BCUT2D eigenvalue weighted by Gasteiger charge is 2.22. The van der Waals surface area contributed by atoms with Crippen LogP contribution in [0.2, 0.25) is 0 Å². The molecule has 0 aliphatic rings. The lowest BCUT2D eigenvalue weighted by atomic mass is 9.98. The van der Waals surface area contributed by atoms with E-state index in [1.54, 1.807) is 0 Å². The van der Waals surface area contributed by atoms with Gasteiger partial charge in [0.25, 0.3) is 0 Å². The van der Waals surface area contributed by atoms with Crippen molar-refractivity contribution in [3.05, 3.63) is 71.8 Å². The molecule has 1 heteroatoms. The van der Waals surface area contributed by atoms with Crippen LogP contribution in [0.15, 0.2) is 60.0 Å². The summed E-state index contributed by atoms with van der Waals surface area (Å²) in [5, 5.41) is 0. The van der Waals surface area contributed by atoms with Gasteiger partial charge in [0.2, 0.25) is 0 Å². The van der Waals surface area contributed by atoms with E-state index < -0.39 is 0 Å². The van der Waals surface area contributed by atoms with Crippen molar-refractivity contribution in [3.8, 4) is 0 Å². The van der Waals surface area contributed by atoms with E-state index in [0.29, 0.717) is 0 Å². The van der Waals surface area contributed by atoms with E-state index >= 15 is 0 Å². The molecule has 2 aromatic rings. The van der Waals surface area contributed by atoms with Crippen molar-refractivity contribution in [2.45, 2.75) is 43.8 Å². The fourth-order valence-corrected chi connectivity index (χ4v) is 3.39. The van der Waals surface area contributed by atoms with Crippen LogP contribution in [0, 0.1) is 6.92 Å². The van der Waals surface area contributed by atoms with Crippen LogP contribution >= 0.6 is 11.8 Å². The second kappa shape index (κ2) is 6.53. The molecule has 0 spiro atoms. The van der Waals surface area contributed by atoms with E-state index in [4.69, 9.17) is 0 Å². The first kappa shape index (κ1) is 15.9. The van der Waals surface area contributed by atoms with Crippen molar-refractivity contribution in [1.29, 1.82) is 0 Å². The Hall–Kier alpha value is -1.47. The third-order valence-corrected chi connectivity index (χ3v) is 5.06. The Morgan fingerprint density at radius 2 is 1.57 bits per heavy atom. The Balaban J connectivity index is 2.18. The summed E-state index contributed by atoms with van der Waals surface area (Å²) in [6.07, 6.45) is 1.00. The SMILES string of the molecule is C=C(CC)c1ccc(C(C)(C)Sc2ccc(C)cc2)cc1. The quantitative estimate of drug-likeness (QED) is 0.572. The fraction of sp³-hybridized carbons (Fsp3) is 0.300. The number of rotatable bonds is 5. The summed E-state index contributed by atoms with van der Waals surface area (Å²) in [7, 11) is 0. The van der Waals surface area contributed by atoms with E-state index in [1.165, 1.54) is 27.2 Å². The minimum Gasteiger partial charge on any atom is -0.115 e. The van der Waals surface area contributed by atoms with Gasteiger partial charge in [-0.05, 0) is 56.0 Å². The van der Waals surface area contributed by atoms with Gasteiger partial charge < -0.3 is 0 Å². The molecule has 0 aliphatic heterocycles. The maximum Gasteiger partial charge on any atom is 0.0399 e. The summed E-state index contributed by atoms with van der Waals surface area (Å²) in [4.78, 5) is 1.31. The van der Waals surface area contributed by atoms with Gasteiger partial charge in [-0.3, -0.25) is 0 Å². The zero-order chi connectivity index (χ0) is 15.5. The van der Waals surface area contributed by atoms with Crippen molar-refractivity contribution in [2.24, 2.45) is 0 Å². The Bertz CT molecular complexity index is 603. The number of benzene rings is 2. The van der Waals surface area contributed by atoms with Crippen LogP contribution in [0.5, 0.6) is 0 Å². The van der Waals surface area contributed by atoms with Crippen LogP contribution in [0.1, 0.15) is 43.9 Å². The monoisotopic (exact) mass is 296 g/mol. The topological polar surface area (TPSA) is 0 Å². The van der Waals surface area contributed by atoms with Crippen molar-refractivity contribution in [1.82, 2.24) is 0 Å². The molecule has 0 aliphatic carbocycles. The summed E-state index contributed by atoms with van der Waals surface area (Å²) >= 11 is 1.91. The molecular weight excluding hydrogens is 272 g/mol. The van der Waals surface area contributed by atoms with Gasteiger partial charge in [-0.2, -0.15) is 0 Å². The molecule has 0 unspecified atom stereocenters. The average molecular weight is 296 g/mol. The highest BCUT2D eigenvalue weighted by atomic mass is 32.2. The van der Waals surface area contributed by atoms with Crippen LogP contribution < -0.4 is 0 Å². The number of hydrogen-bond acceptors (Lipinski definition) is 1. The minimum atomic E-state index is 0.0569. The zero-order valence-electron chi connectivity index (χ0n) is 13.4. The Labute approximate surface area is 133 Å². The van der Waals surface area contributed by atoms with E-state index in [1.807, 2.05) is 11.8 Å². The molecule has 0 saturated carbocycles. The smallest absolute Gasteiger partial charge is 0.0399 e. The van der Waals surface area contributed by atoms with E-state index in [-0.39, 0.29) is 4.75 Å². The molecule has 110 valence electrons. The molecule has 0 saturated heterocycles. The molecule has 0 radical (unpaired) electrons. The van der Waals surface area contributed by atoms with Crippen LogP contribution in [0.25, 0.3) is 5.57 Å². The number of thioether (sulfide) groups is 1. The van der Waals surface area contributed by atoms with E-state index in [9.17, 15) is 0 Å². The lowest BCUT2D eigenvalue weighted by Crippen LogP contribution is -2.11. The molecule has 21 heavy (non-hydrogen) atoms. The van der Waals surface area contributed by atoms with Gasteiger partial charge in [-0.15, -0.1) is 11.8 Å². The normalized spacial score (nSPS) is 11.4. The summed E-state index contributed by atoms with van der Waals surface area (Å²) in [5.74, 6) is 0. The second-order valence-corrected chi connectivity index (χ2v) is 7.66. The largest absolute Gasteiger partial charge is 0.115 e. The van der Waals surface area contributed by atoms with Crippen LogP contribution in [-0.2, 0) is 4.75 Å². The first-order valence-electron chi connectivity index (χ1n) is 7.47. The number of allylic oxidation sites excluding steroid dienone is 1. The Morgan fingerprint density at radius 3 is 2.10 bits per heavy atom. The third kappa shape index (κ3) is 4.01. The van der Waals surface area contributed by atoms with Crippen molar-refractivity contribution < 1.29 is 0 Å². The number of aryl methyl sites for hydroxylation is 1. The van der Waals surface area contributed by atoms with Crippen molar-refractivity contribution in [2.75, 3.05) is 0 Å². The highest BCUT2D eigenvalue weighted by molar-refractivity contribution is 8.00. The van der Waals surface area contributed by atoms with Gasteiger partial charge in [0.05, 0.1) is 0 Å². The maximum absolute atomic E-state index is 4.11. The predicted octanol–water partition coefficient (Wildman–Crippen LogP) is 6.45. The van der Waals surface area contributed by atoms with Gasteiger partial charge in [0.15, 0.2) is 0 Å². The number of hydrogen-bond donors (Lipinski definition) is 0. The van der Waals surface area contributed by atoms with E-state index in [0.717, 1.165) is 6.42 Å². The van der Waals surface area contributed by atoms with Crippen molar-refractivity contribution >= 4 is 17.3 Å². The minimum absolute atomic E-state index is 0.0569. The molecule has 0 atom stereocenters. The summed E-state index contributed by atoms with van der Waals surface area (Å²) in [5.41, 5.74) is 5.10. The van der Waals surface area contributed by atoms with Gasteiger partial charge in [-0.1, -0.05) is 55.5 Å². The zero-order valence-corrected chi connectivity index (χ0v) is 14.3. The van der Waals surface area contributed by atoms with Gasteiger partial charge >= 0.3 is 0 Å². The Kier molecular flexibility index (Phi) is 4.95. The lowest BCUT2D eigenvalue weighted by molar-refractivity contribution is 0.781. The second-order valence-electron chi connectivity index (χ2n) is 5.96. The van der Waals surface area contributed by atoms with E-state index in [2.05, 4.69) is 82.8 Å². The summed E-state index contributed by atoms with van der Waals surface area (Å²) < 4.78 is 0.0569. The predicted molar refractivity (Wildman–Crippen MR) is 95.8 cm³/mol. The molecule has 0 nitrogen and oxygen atoms in total. The molecule has 2 aromatic carbocycles. The fourth-order valence-electron chi connectivity index (χ4n) is 2.27. The molecule has 0 heterocycles. The summed E-state index contributed by atoms with van der Waals surface area (Å²) in [6.45, 7) is 12.9. The molecule has 0 amide bonds. The van der Waals surface area contributed by atoms with Crippen molar-refractivity contribution in [3.63, 3.8) is 0 Å². The molecule has 0 N–H and O–H groups in total. The van der Waals surface area contributed by atoms with Gasteiger partial charge in [-0.25, -0.2) is 0 Å². The molecule has 0 fully saturated rings. The first-order chi connectivity index (χ1) is 9.92. The molecule has 0 bridgehead atoms. The average Bonchev–Trinajstić information content (AvgIpc) is 2.49. The lowest BCUT2D eigenvalue weighted by Gasteiger charge is -2.25. The van der Waals surface area contributed by atoms with Crippen LogP contribution in [0.4, 0.5) is 0 Å². The highest BCUT2D eigenvalue weighted by Crippen LogP contribution is 2.41. The first-order valence-corrected chi connectivity index (χ1v) is 8.28.